The molecule has 114 valence electrons. The van der Waals surface area contributed by atoms with Gasteiger partial charge in [-0.3, -0.25) is 9.59 Å². The zero-order valence-corrected chi connectivity index (χ0v) is 11.8. The van der Waals surface area contributed by atoms with Crippen LogP contribution in [-0.2, 0) is 9.53 Å². The Morgan fingerprint density at radius 3 is 2.81 bits per heavy atom. The lowest BCUT2D eigenvalue weighted by atomic mass is 9.97. The number of nitrogens with zero attached hydrogens (tertiary/aromatic N) is 1. The van der Waals surface area contributed by atoms with E-state index in [1.165, 1.54) is 4.90 Å². The molecular formula is C15H17F2NO3. The summed E-state index contributed by atoms with van der Waals surface area (Å²) in [7, 11) is 0. The third-order valence-corrected chi connectivity index (χ3v) is 3.49. The van der Waals surface area contributed by atoms with Crippen molar-refractivity contribution in [3.05, 3.63) is 35.4 Å². The third-order valence-electron chi connectivity index (χ3n) is 3.49. The number of amides is 1. The molecule has 1 aromatic carbocycles. The van der Waals surface area contributed by atoms with Crippen LogP contribution in [0, 0.1) is 17.6 Å². The molecule has 0 bridgehead atoms. The van der Waals surface area contributed by atoms with E-state index in [1.54, 1.807) is 6.92 Å². The number of carbonyl (C=O) groups is 2. The molecule has 2 rings (SSSR count). The molecule has 6 heteroatoms. The number of esters is 1. The molecule has 0 aromatic heterocycles. The monoisotopic (exact) mass is 297 g/mol. The topological polar surface area (TPSA) is 46.6 Å². The van der Waals surface area contributed by atoms with Gasteiger partial charge in [0.1, 0.15) is 11.6 Å². The summed E-state index contributed by atoms with van der Waals surface area (Å²) < 4.78 is 31.5. The van der Waals surface area contributed by atoms with Crippen LogP contribution in [0.1, 0.15) is 30.1 Å². The molecule has 1 amide bonds. The molecule has 0 N–H and O–H groups in total. The number of benzene rings is 1. The van der Waals surface area contributed by atoms with Crippen LogP contribution in [0.4, 0.5) is 8.78 Å². The van der Waals surface area contributed by atoms with Crippen molar-refractivity contribution < 1.29 is 23.1 Å². The molecule has 0 radical (unpaired) electrons. The fraction of sp³-hybridized carbons (Fsp3) is 0.467. The van der Waals surface area contributed by atoms with Gasteiger partial charge in [-0.05, 0) is 31.9 Å². The summed E-state index contributed by atoms with van der Waals surface area (Å²) in [6.07, 6.45) is 1.30. The van der Waals surface area contributed by atoms with Crippen molar-refractivity contribution in [2.75, 3.05) is 19.7 Å². The number of likely N-dealkylation sites (tertiary alicyclic amines) is 1. The summed E-state index contributed by atoms with van der Waals surface area (Å²) in [4.78, 5) is 25.4. The highest BCUT2D eigenvalue weighted by Crippen LogP contribution is 2.21. The van der Waals surface area contributed by atoms with Crippen molar-refractivity contribution in [2.24, 2.45) is 5.92 Å². The number of halogens is 2. The minimum atomic E-state index is -0.891. The van der Waals surface area contributed by atoms with Crippen LogP contribution in [0.15, 0.2) is 18.2 Å². The molecule has 1 aromatic rings. The summed E-state index contributed by atoms with van der Waals surface area (Å²) in [6.45, 7) is 2.66. The van der Waals surface area contributed by atoms with E-state index >= 15 is 0 Å². The van der Waals surface area contributed by atoms with Crippen molar-refractivity contribution in [2.45, 2.75) is 19.8 Å². The van der Waals surface area contributed by atoms with Gasteiger partial charge in [0.05, 0.1) is 18.1 Å². The van der Waals surface area contributed by atoms with Crippen LogP contribution >= 0.6 is 0 Å². The predicted octanol–water partition coefficient (Wildman–Crippen LogP) is 2.38. The van der Waals surface area contributed by atoms with E-state index in [1.807, 2.05) is 0 Å². The first-order chi connectivity index (χ1) is 10.0. The van der Waals surface area contributed by atoms with Gasteiger partial charge in [-0.25, -0.2) is 8.78 Å². The molecule has 1 atom stereocenters. The Labute approximate surface area is 121 Å². The van der Waals surface area contributed by atoms with Gasteiger partial charge in [-0.1, -0.05) is 0 Å². The summed E-state index contributed by atoms with van der Waals surface area (Å²) in [5.74, 6) is -2.87. The zero-order valence-electron chi connectivity index (χ0n) is 11.8. The number of piperidine rings is 1. The Morgan fingerprint density at radius 1 is 1.38 bits per heavy atom. The first-order valence-corrected chi connectivity index (χ1v) is 6.94. The van der Waals surface area contributed by atoms with E-state index in [0.29, 0.717) is 25.5 Å². The number of carbonyl (C=O) groups excluding carboxylic acids is 2. The van der Waals surface area contributed by atoms with Gasteiger partial charge in [-0.2, -0.15) is 0 Å². The number of hydrogen-bond donors (Lipinski definition) is 0. The molecule has 0 spiro atoms. The maximum atomic E-state index is 13.7. The van der Waals surface area contributed by atoms with Crippen molar-refractivity contribution in [1.82, 2.24) is 4.90 Å². The third kappa shape index (κ3) is 3.56. The number of ether oxygens (including phenoxy) is 1. The van der Waals surface area contributed by atoms with E-state index in [-0.39, 0.29) is 30.6 Å². The largest absolute Gasteiger partial charge is 0.466 e. The maximum absolute atomic E-state index is 13.7. The van der Waals surface area contributed by atoms with E-state index in [2.05, 4.69) is 0 Å². The van der Waals surface area contributed by atoms with Crippen molar-refractivity contribution in [1.29, 1.82) is 0 Å². The quantitative estimate of drug-likeness (QED) is 0.805. The van der Waals surface area contributed by atoms with E-state index < -0.39 is 17.5 Å². The van der Waals surface area contributed by atoms with Crippen LogP contribution in [0.3, 0.4) is 0 Å². The highest BCUT2D eigenvalue weighted by atomic mass is 19.1. The number of rotatable bonds is 3. The van der Waals surface area contributed by atoms with E-state index in [9.17, 15) is 18.4 Å². The molecule has 21 heavy (non-hydrogen) atoms. The molecule has 1 heterocycles. The lowest BCUT2D eigenvalue weighted by molar-refractivity contribution is -0.149. The average molecular weight is 297 g/mol. The highest BCUT2D eigenvalue weighted by molar-refractivity contribution is 5.94. The predicted molar refractivity (Wildman–Crippen MR) is 71.6 cm³/mol. The summed E-state index contributed by atoms with van der Waals surface area (Å²) >= 11 is 0. The Morgan fingerprint density at radius 2 is 2.14 bits per heavy atom. The second-order valence-corrected chi connectivity index (χ2v) is 4.97. The van der Waals surface area contributed by atoms with E-state index in [0.717, 1.165) is 12.1 Å². The lowest BCUT2D eigenvalue weighted by Crippen LogP contribution is -2.43. The standard InChI is InChI=1S/C15H17F2NO3/c1-2-21-15(20)10-4-3-7-18(9-10)14(19)12-6-5-11(16)8-13(12)17/h5-6,8,10H,2-4,7,9H2,1H3/t10-/m1/s1. The van der Waals surface area contributed by atoms with Gasteiger partial charge in [0.2, 0.25) is 0 Å². The van der Waals surface area contributed by atoms with Crippen LogP contribution in [0.25, 0.3) is 0 Å². The lowest BCUT2D eigenvalue weighted by Gasteiger charge is -2.31. The molecule has 4 nitrogen and oxygen atoms in total. The Bertz CT molecular complexity index is 548. The first kappa shape index (κ1) is 15.4. The van der Waals surface area contributed by atoms with Crippen LogP contribution in [0.5, 0.6) is 0 Å². The first-order valence-electron chi connectivity index (χ1n) is 6.94. The van der Waals surface area contributed by atoms with Gasteiger partial charge < -0.3 is 9.64 Å². The highest BCUT2D eigenvalue weighted by Gasteiger charge is 2.30. The van der Waals surface area contributed by atoms with Crippen LogP contribution < -0.4 is 0 Å². The minimum absolute atomic E-state index is 0.180. The smallest absolute Gasteiger partial charge is 0.310 e. The Kier molecular flexibility index (Phi) is 4.88. The molecule has 0 unspecified atom stereocenters. The number of hydrogen-bond acceptors (Lipinski definition) is 3. The fourth-order valence-corrected chi connectivity index (χ4v) is 2.45. The average Bonchev–Trinajstić information content (AvgIpc) is 2.47. The molecule has 0 saturated carbocycles. The summed E-state index contributed by atoms with van der Waals surface area (Å²) in [5, 5.41) is 0. The molecule has 1 saturated heterocycles. The van der Waals surface area contributed by atoms with Crippen molar-refractivity contribution in [3.8, 4) is 0 Å². The molecular weight excluding hydrogens is 280 g/mol. The van der Waals surface area contributed by atoms with Crippen LogP contribution in [0.2, 0.25) is 0 Å². The second-order valence-electron chi connectivity index (χ2n) is 4.97. The summed E-state index contributed by atoms with van der Waals surface area (Å²) in [5.41, 5.74) is -0.180. The van der Waals surface area contributed by atoms with Gasteiger partial charge in [0.25, 0.3) is 5.91 Å². The van der Waals surface area contributed by atoms with Crippen LogP contribution in [-0.4, -0.2) is 36.5 Å². The van der Waals surface area contributed by atoms with Gasteiger partial charge in [0, 0.05) is 19.2 Å². The second kappa shape index (κ2) is 6.65. The minimum Gasteiger partial charge on any atom is -0.466 e. The zero-order chi connectivity index (χ0) is 15.4. The molecule has 1 aliphatic rings. The Hall–Kier alpha value is -1.98. The van der Waals surface area contributed by atoms with E-state index in [4.69, 9.17) is 4.74 Å². The Balaban J connectivity index is 2.10. The van der Waals surface area contributed by atoms with Gasteiger partial charge in [-0.15, -0.1) is 0 Å². The maximum Gasteiger partial charge on any atom is 0.310 e. The fourth-order valence-electron chi connectivity index (χ4n) is 2.45. The molecule has 1 aliphatic heterocycles. The van der Waals surface area contributed by atoms with Crippen molar-refractivity contribution >= 4 is 11.9 Å². The normalized spacial score (nSPS) is 18.4. The van der Waals surface area contributed by atoms with Gasteiger partial charge >= 0.3 is 5.97 Å². The molecule has 1 fully saturated rings. The van der Waals surface area contributed by atoms with Crippen molar-refractivity contribution in [3.63, 3.8) is 0 Å². The van der Waals surface area contributed by atoms with Gasteiger partial charge in [0.15, 0.2) is 0 Å². The molecule has 0 aliphatic carbocycles. The summed E-state index contributed by atoms with van der Waals surface area (Å²) in [6, 6.07) is 2.85. The SMILES string of the molecule is CCOC(=O)[C@@H]1CCCN(C(=O)c2ccc(F)cc2F)C1.